The second-order valence-electron chi connectivity index (χ2n) is 5.64. The van der Waals surface area contributed by atoms with Gasteiger partial charge >= 0.3 is 0 Å². The van der Waals surface area contributed by atoms with Crippen molar-refractivity contribution >= 4 is 26.5 Å². The molecule has 1 aliphatic carbocycles. The van der Waals surface area contributed by atoms with E-state index in [4.69, 9.17) is 0 Å². The summed E-state index contributed by atoms with van der Waals surface area (Å²) in [7, 11) is -3.59. The maximum Gasteiger partial charge on any atom is 0.263 e. The van der Waals surface area contributed by atoms with Crippen LogP contribution in [0.25, 0.3) is 0 Å². The van der Waals surface area contributed by atoms with Crippen LogP contribution in [0.1, 0.15) is 48.6 Å². The van der Waals surface area contributed by atoms with E-state index in [0.717, 1.165) is 5.01 Å². The minimum atomic E-state index is -3.59. The van der Waals surface area contributed by atoms with Crippen molar-refractivity contribution in [2.75, 3.05) is 4.72 Å². The fourth-order valence-corrected chi connectivity index (χ4v) is 4.69. The van der Waals surface area contributed by atoms with E-state index in [-0.39, 0.29) is 4.90 Å². The second kappa shape index (κ2) is 6.34. The first-order valence-corrected chi connectivity index (χ1v) is 9.77. The van der Waals surface area contributed by atoms with Gasteiger partial charge in [-0.15, -0.1) is 10.2 Å². The fraction of sp³-hybridized carbons (Fsp3) is 0.467. The quantitative estimate of drug-likeness (QED) is 0.923. The monoisotopic (exact) mass is 337 g/mol. The summed E-state index contributed by atoms with van der Waals surface area (Å²) >= 11 is 1.22. The summed E-state index contributed by atoms with van der Waals surface area (Å²) in [5, 5.41) is 8.63. The Hall–Kier alpha value is -1.47. The second-order valence-corrected chi connectivity index (χ2v) is 8.50. The Kier molecular flexibility index (Phi) is 4.44. The molecule has 0 bridgehead atoms. The Labute approximate surface area is 134 Å². The van der Waals surface area contributed by atoms with Gasteiger partial charge in [-0.25, -0.2) is 8.42 Å². The third kappa shape index (κ3) is 3.47. The van der Waals surface area contributed by atoms with Gasteiger partial charge in [0.15, 0.2) is 0 Å². The third-order valence-corrected chi connectivity index (χ3v) is 6.25. The summed E-state index contributed by atoms with van der Waals surface area (Å²) in [6.07, 6.45) is 6.25. The summed E-state index contributed by atoms with van der Waals surface area (Å²) in [6, 6.07) is 7.24. The molecule has 0 aliphatic heterocycles. The van der Waals surface area contributed by atoms with Gasteiger partial charge in [0, 0.05) is 0 Å². The van der Waals surface area contributed by atoms with Crippen LogP contribution in [0, 0.1) is 6.92 Å². The average molecular weight is 337 g/mol. The molecule has 7 heteroatoms. The fourth-order valence-electron chi connectivity index (χ4n) is 2.87. The van der Waals surface area contributed by atoms with E-state index in [1.807, 2.05) is 12.1 Å². The van der Waals surface area contributed by atoms with E-state index in [2.05, 4.69) is 14.9 Å². The molecule has 0 saturated heterocycles. The number of hydrogen-bond donors (Lipinski definition) is 1. The highest BCUT2D eigenvalue weighted by atomic mass is 32.2. The highest BCUT2D eigenvalue weighted by Crippen LogP contribution is 2.33. The SMILES string of the molecule is Cc1nnc(NS(=O)(=O)c2ccc(C3CCCCC3)cc2)s1. The largest absolute Gasteiger partial charge is 0.263 e. The maximum atomic E-state index is 12.3. The van der Waals surface area contributed by atoms with Gasteiger partial charge in [0.25, 0.3) is 10.0 Å². The van der Waals surface area contributed by atoms with E-state index in [0.29, 0.717) is 11.0 Å². The zero-order valence-corrected chi connectivity index (χ0v) is 14.1. The molecule has 1 aromatic heterocycles. The van der Waals surface area contributed by atoms with Gasteiger partial charge in [0.2, 0.25) is 5.13 Å². The van der Waals surface area contributed by atoms with Crippen molar-refractivity contribution < 1.29 is 8.42 Å². The van der Waals surface area contributed by atoms with Gasteiger partial charge in [-0.2, -0.15) is 0 Å². The molecule has 0 radical (unpaired) electrons. The molecule has 22 heavy (non-hydrogen) atoms. The molecular formula is C15H19N3O2S2. The van der Waals surface area contributed by atoms with Crippen LogP contribution in [0.15, 0.2) is 29.2 Å². The molecule has 1 N–H and O–H groups in total. The smallest absolute Gasteiger partial charge is 0.253 e. The molecule has 1 heterocycles. The lowest BCUT2D eigenvalue weighted by Crippen LogP contribution is -2.13. The van der Waals surface area contributed by atoms with Crippen LogP contribution in [-0.2, 0) is 10.0 Å². The Morgan fingerprint density at radius 3 is 2.36 bits per heavy atom. The van der Waals surface area contributed by atoms with Gasteiger partial charge < -0.3 is 0 Å². The molecule has 1 aliphatic rings. The van der Waals surface area contributed by atoms with Crippen LogP contribution < -0.4 is 4.72 Å². The molecule has 2 aromatic rings. The minimum Gasteiger partial charge on any atom is -0.253 e. The zero-order chi connectivity index (χ0) is 15.6. The molecule has 1 saturated carbocycles. The predicted octanol–water partition coefficient (Wildman–Crippen LogP) is 3.70. The number of rotatable bonds is 4. The number of nitrogens with one attached hydrogen (secondary N) is 1. The topological polar surface area (TPSA) is 72.0 Å². The minimum absolute atomic E-state index is 0.264. The van der Waals surface area contributed by atoms with Crippen molar-refractivity contribution in [1.29, 1.82) is 0 Å². The Bertz CT molecular complexity index is 732. The normalized spacial score (nSPS) is 16.6. The third-order valence-electron chi connectivity index (χ3n) is 4.01. The van der Waals surface area contributed by atoms with Gasteiger partial charge in [0.1, 0.15) is 5.01 Å². The first-order valence-electron chi connectivity index (χ1n) is 7.47. The number of nitrogens with zero attached hydrogens (tertiary/aromatic N) is 2. The van der Waals surface area contributed by atoms with Crippen molar-refractivity contribution in [3.63, 3.8) is 0 Å². The lowest BCUT2D eigenvalue weighted by atomic mass is 9.84. The predicted molar refractivity (Wildman–Crippen MR) is 87.7 cm³/mol. The number of hydrogen-bond acceptors (Lipinski definition) is 5. The summed E-state index contributed by atoms with van der Waals surface area (Å²) in [5.41, 5.74) is 1.24. The van der Waals surface area contributed by atoms with E-state index < -0.39 is 10.0 Å². The highest BCUT2D eigenvalue weighted by molar-refractivity contribution is 7.93. The Morgan fingerprint density at radius 1 is 1.09 bits per heavy atom. The number of anilines is 1. The molecule has 0 spiro atoms. The van der Waals surface area contributed by atoms with Crippen LogP contribution in [0.3, 0.4) is 0 Å². The summed E-state index contributed by atoms with van der Waals surface area (Å²) < 4.78 is 27.1. The van der Waals surface area contributed by atoms with Crippen LogP contribution in [0.5, 0.6) is 0 Å². The van der Waals surface area contributed by atoms with E-state index in [1.165, 1.54) is 49.0 Å². The molecule has 0 unspecified atom stereocenters. The van der Waals surface area contributed by atoms with Gasteiger partial charge in [-0.3, -0.25) is 4.72 Å². The van der Waals surface area contributed by atoms with E-state index in [1.54, 1.807) is 19.1 Å². The van der Waals surface area contributed by atoms with E-state index in [9.17, 15) is 8.42 Å². The molecule has 0 atom stereocenters. The lowest BCUT2D eigenvalue weighted by molar-refractivity contribution is 0.443. The highest BCUT2D eigenvalue weighted by Gasteiger charge is 2.19. The molecule has 1 fully saturated rings. The molecular weight excluding hydrogens is 318 g/mol. The standard InChI is InChI=1S/C15H19N3O2S2/c1-11-16-17-15(21-11)18-22(19,20)14-9-7-13(8-10-14)12-5-3-2-4-6-12/h7-10,12H,2-6H2,1H3,(H,17,18). The Morgan fingerprint density at radius 2 is 1.77 bits per heavy atom. The van der Waals surface area contributed by atoms with Crippen LogP contribution in [-0.4, -0.2) is 18.6 Å². The molecule has 3 rings (SSSR count). The van der Waals surface area contributed by atoms with Gasteiger partial charge in [-0.1, -0.05) is 42.7 Å². The van der Waals surface area contributed by atoms with Crippen molar-refractivity contribution in [2.45, 2.75) is 49.8 Å². The maximum absolute atomic E-state index is 12.3. The van der Waals surface area contributed by atoms with Crippen molar-refractivity contribution in [2.24, 2.45) is 0 Å². The number of benzene rings is 1. The summed E-state index contributed by atoms with van der Waals surface area (Å²) in [6.45, 7) is 1.79. The average Bonchev–Trinajstić information content (AvgIpc) is 2.93. The van der Waals surface area contributed by atoms with E-state index >= 15 is 0 Å². The van der Waals surface area contributed by atoms with Crippen molar-refractivity contribution in [3.05, 3.63) is 34.8 Å². The van der Waals surface area contributed by atoms with Crippen LogP contribution in [0.2, 0.25) is 0 Å². The molecule has 0 amide bonds. The molecule has 1 aromatic carbocycles. The first kappa shape index (κ1) is 15.4. The first-order chi connectivity index (χ1) is 10.5. The van der Waals surface area contributed by atoms with Crippen LogP contribution >= 0.6 is 11.3 Å². The number of aryl methyl sites for hydroxylation is 1. The lowest BCUT2D eigenvalue weighted by Gasteiger charge is -2.22. The molecule has 5 nitrogen and oxygen atoms in total. The summed E-state index contributed by atoms with van der Waals surface area (Å²) in [4.78, 5) is 0.264. The summed E-state index contributed by atoms with van der Waals surface area (Å²) in [5.74, 6) is 0.573. The number of sulfonamides is 1. The Balaban J connectivity index is 1.76. The van der Waals surface area contributed by atoms with Crippen molar-refractivity contribution in [1.82, 2.24) is 10.2 Å². The van der Waals surface area contributed by atoms with Gasteiger partial charge in [0.05, 0.1) is 4.90 Å². The van der Waals surface area contributed by atoms with Crippen molar-refractivity contribution in [3.8, 4) is 0 Å². The van der Waals surface area contributed by atoms with Crippen LogP contribution in [0.4, 0.5) is 5.13 Å². The molecule has 118 valence electrons. The zero-order valence-electron chi connectivity index (χ0n) is 12.4. The number of aromatic nitrogens is 2. The van der Waals surface area contributed by atoms with Gasteiger partial charge in [-0.05, 0) is 43.4 Å².